The maximum absolute atomic E-state index is 9.18. The predicted octanol–water partition coefficient (Wildman–Crippen LogP) is 2.05. The molecule has 0 amide bonds. The normalized spacial score (nSPS) is 18.0. The standard InChI is InChI=1S/C8H18O/c1-5-8(6(2)3)7(4)9/h6-9H,5H2,1-4H3/t7?,8-/m1/s1. The van der Waals surface area contributed by atoms with Crippen LogP contribution < -0.4 is 0 Å². The Bertz CT molecular complexity index is 59.0. The van der Waals surface area contributed by atoms with E-state index in [0.29, 0.717) is 11.8 Å². The van der Waals surface area contributed by atoms with E-state index in [0.717, 1.165) is 6.42 Å². The van der Waals surface area contributed by atoms with Crippen molar-refractivity contribution in [2.75, 3.05) is 0 Å². The maximum atomic E-state index is 9.18. The van der Waals surface area contributed by atoms with Gasteiger partial charge in [0.1, 0.15) is 0 Å². The molecule has 0 saturated heterocycles. The number of aliphatic hydroxyl groups is 1. The van der Waals surface area contributed by atoms with Gasteiger partial charge in [-0.25, -0.2) is 0 Å². The average molecular weight is 130 g/mol. The van der Waals surface area contributed by atoms with E-state index < -0.39 is 0 Å². The lowest BCUT2D eigenvalue weighted by molar-refractivity contribution is 0.0952. The maximum Gasteiger partial charge on any atom is 0.0542 e. The minimum absolute atomic E-state index is 0.144. The van der Waals surface area contributed by atoms with Crippen LogP contribution in [0.1, 0.15) is 34.1 Å². The Labute approximate surface area is 58.1 Å². The average Bonchev–Trinajstić information content (AvgIpc) is 1.64. The highest BCUT2D eigenvalue weighted by Gasteiger charge is 2.15. The van der Waals surface area contributed by atoms with Crippen molar-refractivity contribution in [3.63, 3.8) is 0 Å². The Hall–Kier alpha value is -0.0400. The van der Waals surface area contributed by atoms with Gasteiger partial charge in [0.2, 0.25) is 0 Å². The Morgan fingerprint density at radius 2 is 1.67 bits per heavy atom. The van der Waals surface area contributed by atoms with Gasteiger partial charge >= 0.3 is 0 Å². The highest BCUT2D eigenvalue weighted by Crippen LogP contribution is 2.18. The highest BCUT2D eigenvalue weighted by molar-refractivity contribution is 4.65. The molecule has 0 bridgehead atoms. The van der Waals surface area contributed by atoms with E-state index >= 15 is 0 Å². The van der Waals surface area contributed by atoms with Crippen molar-refractivity contribution in [2.24, 2.45) is 11.8 Å². The first-order valence-corrected chi connectivity index (χ1v) is 3.77. The zero-order valence-corrected chi connectivity index (χ0v) is 6.89. The molecule has 56 valence electrons. The van der Waals surface area contributed by atoms with E-state index in [1.54, 1.807) is 0 Å². The summed E-state index contributed by atoms with van der Waals surface area (Å²) < 4.78 is 0. The molecule has 0 fully saturated rings. The molecular formula is C8H18O. The first-order valence-electron chi connectivity index (χ1n) is 3.77. The molecule has 0 aromatic heterocycles. The Morgan fingerprint density at radius 3 is 1.67 bits per heavy atom. The summed E-state index contributed by atoms with van der Waals surface area (Å²) in [6.45, 7) is 8.30. The van der Waals surface area contributed by atoms with Gasteiger partial charge in [-0.2, -0.15) is 0 Å². The van der Waals surface area contributed by atoms with Crippen molar-refractivity contribution in [1.29, 1.82) is 0 Å². The first-order chi connectivity index (χ1) is 4.09. The summed E-state index contributed by atoms with van der Waals surface area (Å²) >= 11 is 0. The fourth-order valence-electron chi connectivity index (χ4n) is 1.37. The van der Waals surface area contributed by atoms with Crippen molar-refractivity contribution < 1.29 is 5.11 Å². The lowest BCUT2D eigenvalue weighted by Gasteiger charge is -2.21. The summed E-state index contributed by atoms with van der Waals surface area (Å²) in [6.07, 6.45) is 0.935. The third-order valence-electron chi connectivity index (χ3n) is 1.95. The second kappa shape index (κ2) is 3.89. The van der Waals surface area contributed by atoms with Crippen LogP contribution in [0.3, 0.4) is 0 Å². The molecule has 1 N–H and O–H groups in total. The molecule has 0 aromatic rings. The number of hydrogen-bond donors (Lipinski definition) is 1. The Kier molecular flexibility index (Phi) is 3.87. The van der Waals surface area contributed by atoms with Crippen molar-refractivity contribution >= 4 is 0 Å². The SMILES string of the molecule is CC[C@H](C(C)C)C(C)O. The van der Waals surface area contributed by atoms with Crippen LogP contribution in [-0.2, 0) is 0 Å². The fraction of sp³-hybridized carbons (Fsp3) is 1.00. The first kappa shape index (κ1) is 8.96. The van der Waals surface area contributed by atoms with Gasteiger partial charge in [-0.1, -0.05) is 27.2 Å². The van der Waals surface area contributed by atoms with Crippen LogP contribution >= 0.6 is 0 Å². The van der Waals surface area contributed by atoms with Gasteiger partial charge in [-0.3, -0.25) is 0 Å². The third-order valence-corrected chi connectivity index (χ3v) is 1.95. The van der Waals surface area contributed by atoms with Crippen molar-refractivity contribution in [2.45, 2.75) is 40.2 Å². The van der Waals surface area contributed by atoms with E-state index in [4.69, 9.17) is 0 Å². The van der Waals surface area contributed by atoms with E-state index in [-0.39, 0.29) is 6.10 Å². The Morgan fingerprint density at radius 1 is 1.22 bits per heavy atom. The van der Waals surface area contributed by atoms with Crippen LogP contribution in [0.2, 0.25) is 0 Å². The molecule has 9 heavy (non-hydrogen) atoms. The monoisotopic (exact) mass is 130 g/mol. The van der Waals surface area contributed by atoms with Gasteiger partial charge in [0.15, 0.2) is 0 Å². The van der Waals surface area contributed by atoms with Crippen molar-refractivity contribution in [1.82, 2.24) is 0 Å². The largest absolute Gasteiger partial charge is 0.393 e. The van der Waals surface area contributed by atoms with E-state index in [9.17, 15) is 5.11 Å². The summed E-state index contributed by atoms with van der Waals surface area (Å²) in [5.74, 6) is 1.08. The van der Waals surface area contributed by atoms with Crippen LogP contribution in [0, 0.1) is 11.8 Å². The summed E-state index contributed by atoms with van der Waals surface area (Å²) in [5.41, 5.74) is 0. The topological polar surface area (TPSA) is 20.2 Å². The van der Waals surface area contributed by atoms with Gasteiger partial charge in [-0.05, 0) is 18.8 Å². The minimum atomic E-state index is -0.144. The van der Waals surface area contributed by atoms with E-state index in [1.807, 2.05) is 6.92 Å². The summed E-state index contributed by atoms with van der Waals surface area (Å²) in [4.78, 5) is 0. The molecule has 0 aliphatic heterocycles. The molecular weight excluding hydrogens is 112 g/mol. The molecule has 0 aliphatic carbocycles. The van der Waals surface area contributed by atoms with Crippen LogP contribution in [0.15, 0.2) is 0 Å². The fourth-order valence-corrected chi connectivity index (χ4v) is 1.37. The zero-order valence-electron chi connectivity index (χ0n) is 6.89. The smallest absolute Gasteiger partial charge is 0.0542 e. The molecule has 1 nitrogen and oxygen atoms in total. The molecule has 1 heteroatoms. The minimum Gasteiger partial charge on any atom is -0.393 e. The molecule has 0 aromatic carbocycles. The third kappa shape index (κ3) is 2.85. The van der Waals surface area contributed by atoms with Crippen LogP contribution in [0.25, 0.3) is 0 Å². The van der Waals surface area contributed by atoms with Gasteiger partial charge in [0.05, 0.1) is 6.10 Å². The van der Waals surface area contributed by atoms with Gasteiger partial charge in [0, 0.05) is 0 Å². The Balaban J connectivity index is 3.68. The van der Waals surface area contributed by atoms with Gasteiger partial charge < -0.3 is 5.11 Å². The highest BCUT2D eigenvalue weighted by atomic mass is 16.3. The van der Waals surface area contributed by atoms with Crippen molar-refractivity contribution in [3.8, 4) is 0 Å². The predicted molar refractivity (Wildman–Crippen MR) is 40.3 cm³/mol. The summed E-state index contributed by atoms with van der Waals surface area (Å²) in [6, 6.07) is 0. The van der Waals surface area contributed by atoms with Crippen LogP contribution in [0.4, 0.5) is 0 Å². The molecule has 0 spiro atoms. The van der Waals surface area contributed by atoms with Crippen molar-refractivity contribution in [3.05, 3.63) is 0 Å². The number of aliphatic hydroxyl groups excluding tert-OH is 1. The van der Waals surface area contributed by atoms with E-state index in [1.165, 1.54) is 0 Å². The van der Waals surface area contributed by atoms with Gasteiger partial charge in [-0.15, -0.1) is 0 Å². The second-order valence-corrected chi connectivity index (χ2v) is 3.06. The molecule has 0 radical (unpaired) electrons. The lowest BCUT2D eigenvalue weighted by Crippen LogP contribution is -2.20. The molecule has 0 aliphatic rings. The molecule has 2 atom stereocenters. The number of hydrogen-bond acceptors (Lipinski definition) is 1. The number of rotatable bonds is 3. The lowest BCUT2D eigenvalue weighted by atomic mass is 9.89. The van der Waals surface area contributed by atoms with Gasteiger partial charge in [0.25, 0.3) is 0 Å². The molecule has 1 unspecified atom stereocenters. The quantitative estimate of drug-likeness (QED) is 0.620. The summed E-state index contributed by atoms with van der Waals surface area (Å²) in [7, 11) is 0. The van der Waals surface area contributed by atoms with Crippen LogP contribution in [-0.4, -0.2) is 11.2 Å². The zero-order chi connectivity index (χ0) is 7.44. The molecule has 0 heterocycles. The van der Waals surface area contributed by atoms with E-state index in [2.05, 4.69) is 20.8 Å². The molecule has 0 saturated carbocycles. The summed E-state index contributed by atoms with van der Waals surface area (Å²) in [5, 5.41) is 9.18. The van der Waals surface area contributed by atoms with Crippen LogP contribution in [0.5, 0.6) is 0 Å². The molecule has 0 rings (SSSR count). The second-order valence-electron chi connectivity index (χ2n) is 3.06.